The molecule has 0 aliphatic carbocycles. The largest absolute Gasteiger partial charge is 0.338 e. The van der Waals surface area contributed by atoms with Crippen LogP contribution in [0.5, 0.6) is 0 Å². The first-order chi connectivity index (χ1) is 8.39. The van der Waals surface area contributed by atoms with Gasteiger partial charge in [-0.25, -0.2) is 4.98 Å². The minimum absolute atomic E-state index is 0.0196. The fourth-order valence-corrected chi connectivity index (χ4v) is 2.59. The number of carbonyl (C=O) groups excluding carboxylic acids is 1. The van der Waals surface area contributed by atoms with Crippen molar-refractivity contribution >= 4 is 29.1 Å². The zero-order valence-corrected chi connectivity index (χ0v) is 12.1. The minimum atomic E-state index is -0.0196. The predicted molar refractivity (Wildman–Crippen MR) is 73.2 cm³/mol. The Morgan fingerprint density at radius 2 is 2.17 bits per heavy atom. The standard InChI is InChI=1S/C13H16Cl2N2O/c1-13(2)4-3-5-17(8-13)12(18)9-6-10(14)11(15)16-7-9/h6-7H,3-5,8H2,1-2H3. The third kappa shape index (κ3) is 2.96. The molecule has 1 aliphatic rings. The SMILES string of the molecule is CC1(C)CCCN(C(=O)c2cnc(Cl)c(Cl)c2)C1. The van der Waals surface area contributed by atoms with Gasteiger partial charge in [0.1, 0.15) is 5.15 Å². The Kier molecular flexibility index (Phi) is 3.83. The number of hydrogen-bond acceptors (Lipinski definition) is 2. The topological polar surface area (TPSA) is 33.2 Å². The van der Waals surface area contributed by atoms with Crippen LogP contribution in [0.4, 0.5) is 0 Å². The highest BCUT2D eigenvalue weighted by Gasteiger charge is 2.29. The smallest absolute Gasteiger partial charge is 0.255 e. The summed E-state index contributed by atoms with van der Waals surface area (Å²) < 4.78 is 0. The monoisotopic (exact) mass is 286 g/mol. The van der Waals surface area contributed by atoms with Crippen LogP contribution in [0.2, 0.25) is 10.2 Å². The highest BCUT2D eigenvalue weighted by atomic mass is 35.5. The number of nitrogens with zero attached hydrogens (tertiary/aromatic N) is 2. The van der Waals surface area contributed by atoms with Gasteiger partial charge >= 0.3 is 0 Å². The lowest BCUT2D eigenvalue weighted by molar-refractivity contribution is 0.0583. The van der Waals surface area contributed by atoms with Crippen molar-refractivity contribution in [2.45, 2.75) is 26.7 Å². The summed E-state index contributed by atoms with van der Waals surface area (Å²) >= 11 is 11.6. The van der Waals surface area contributed by atoms with Crippen LogP contribution in [-0.4, -0.2) is 28.9 Å². The highest BCUT2D eigenvalue weighted by Crippen LogP contribution is 2.29. The molecule has 0 atom stereocenters. The van der Waals surface area contributed by atoms with Gasteiger partial charge in [0.05, 0.1) is 10.6 Å². The van der Waals surface area contributed by atoms with Crippen molar-refractivity contribution in [3.63, 3.8) is 0 Å². The summed E-state index contributed by atoms with van der Waals surface area (Å²) in [6, 6.07) is 1.58. The fourth-order valence-electron chi connectivity index (χ4n) is 2.32. The first-order valence-electron chi connectivity index (χ1n) is 5.99. The second kappa shape index (κ2) is 5.06. The van der Waals surface area contributed by atoms with Crippen molar-refractivity contribution in [3.05, 3.63) is 28.0 Å². The number of hydrogen-bond donors (Lipinski definition) is 0. The molecule has 1 aromatic rings. The average molecular weight is 287 g/mol. The van der Waals surface area contributed by atoms with E-state index in [0.717, 1.165) is 25.9 Å². The van der Waals surface area contributed by atoms with E-state index in [1.165, 1.54) is 6.20 Å². The molecule has 0 spiro atoms. The van der Waals surface area contributed by atoms with Crippen LogP contribution in [0, 0.1) is 5.41 Å². The summed E-state index contributed by atoms with van der Waals surface area (Å²) in [4.78, 5) is 18.1. The second-order valence-electron chi connectivity index (χ2n) is 5.49. The molecule has 0 unspecified atom stereocenters. The van der Waals surface area contributed by atoms with E-state index < -0.39 is 0 Å². The van der Waals surface area contributed by atoms with Gasteiger partial charge in [0, 0.05) is 19.3 Å². The van der Waals surface area contributed by atoms with Gasteiger partial charge < -0.3 is 4.90 Å². The highest BCUT2D eigenvalue weighted by molar-refractivity contribution is 6.41. The summed E-state index contributed by atoms with van der Waals surface area (Å²) in [6.45, 7) is 5.92. The molecule has 0 aromatic carbocycles. The molecule has 3 nitrogen and oxygen atoms in total. The van der Waals surface area contributed by atoms with E-state index in [4.69, 9.17) is 23.2 Å². The Morgan fingerprint density at radius 3 is 2.78 bits per heavy atom. The molecule has 0 bridgehead atoms. The van der Waals surface area contributed by atoms with Gasteiger partial charge in [0.2, 0.25) is 0 Å². The molecule has 0 radical (unpaired) electrons. The lowest BCUT2D eigenvalue weighted by Gasteiger charge is -2.38. The minimum Gasteiger partial charge on any atom is -0.338 e. The molecule has 5 heteroatoms. The molecule has 1 fully saturated rings. The van der Waals surface area contributed by atoms with Gasteiger partial charge in [-0.1, -0.05) is 37.0 Å². The van der Waals surface area contributed by atoms with Crippen molar-refractivity contribution in [1.82, 2.24) is 9.88 Å². The first kappa shape index (κ1) is 13.6. The quantitative estimate of drug-likeness (QED) is 0.739. The van der Waals surface area contributed by atoms with E-state index in [9.17, 15) is 4.79 Å². The van der Waals surface area contributed by atoms with Crippen molar-refractivity contribution in [2.75, 3.05) is 13.1 Å². The zero-order valence-electron chi connectivity index (χ0n) is 10.5. The lowest BCUT2D eigenvalue weighted by atomic mass is 9.84. The Bertz CT molecular complexity index is 474. The number of pyridine rings is 1. The number of rotatable bonds is 1. The Balaban J connectivity index is 2.18. The average Bonchev–Trinajstić information content (AvgIpc) is 2.30. The van der Waals surface area contributed by atoms with Crippen LogP contribution in [0.15, 0.2) is 12.3 Å². The molecule has 1 amide bonds. The third-order valence-electron chi connectivity index (χ3n) is 3.23. The van der Waals surface area contributed by atoms with Crippen LogP contribution in [0.3, 0.4) is 0 Å². The van der Waals surface area contributed by atoms with Crippen molar-refractivity contribution < 1.29 is 4.79 Å². The lowest BCUT2D eigenvalue weighted by Crippen LogP contribution is -2.43. The molecular weight excluding hydrogens is 271 g/mol. The number of amides is 1. The predicted octanol–water partition coefficient (Wildman–Crippen LogP) is 3.65. The molecule has 1 aromatic heterocycles. The van der Waals surface area contributed by atoms with Crippen LogP contribution in [0.1, 0.15) is 37.0 Å². The molecule has 1 saturated heterocycles. The van der Waals surface area contributed by atoms with Gasteiger partial charge in [-0.15, -0.1) is 0 Å². The van der Waals surface area contributed by atoms with E-state index in [-0.39, 0.29) is 16.5 Å². The normalized spacial score (nSPS) is 18.8. The van der Waals surface area contributed by atoms with E-state index in [2.05, 4.69) is 18.8 Å². The summed E-state index contributed by atoms with van der Waals surface area (Å²) in [5.41, 5.74) is 0.680. The maximum Gasteiger partial charge on any atom is 0.255 e. The van der Waals surface area contributed by atoms with Crippen molar-refractivity contribution in [3.8, 4) is 0 Å². The maximum atomic E-state index is 12.3. The van der Waals surface area contributed by atoms with Crippen molar-refractivity contribution in [1.29, 1.82) is 0 Å². The van der Waals surface area contributed by atoms with E-state index >= 15 is 0 Å². The Hall–Kier alpha value is -0.800. The summed E-state index contributed by atoms with van der Waals surface area (Å²) in [5.74, 6) is -0.0196. The van der Waals surface area contributed by atoms with Crippen LogP contribution in [-0.2, 0) is 0 Å². The van der Waals surface area contributed by atoms with Gasteiger partial charge in [-0.2, -0.15) is 0 Å². The second-order valence-corrected chi connectivity index (χ2v) is 6.26. The number of likely N-dealkylation sites (tertiary alicyclic amines) is 1. The number of carbonyl (C=O) groups is 1. The first-order valence-corrected chi connectivity index (χ1v) is 6.75. The van der Waals surface area contributed by atoms with E-state index in [0.29, 0.717) is 10.6 Å². The number of halogens is 2. The Labute approximate surface area is 117 Å². The summed E-state index contributed by atoms with van der Waals surface area (Å²) in [6.07, 6.45) is 3.67. The van der Waals surface area contributed by atoms with Crippen molar-refractivity contribution in [2.24, 2.45) is 5.41 Å². The summed E-state index contributed by atoms with van der Waals surface area (Å²) in [7, 11) is 0. The Morgan fingerprint density at radius 1 is 1.44 bits per heavy atom. The number of piperidine rings is 1. The zero-order chi connectivity index (χ0) is 13.3. The van der Waals surface area contributed by atoms with Crippen LogP contribution >= 0.6 is 23.2 Å². The van der Waals surface area contributed by atoms with Gasteiger partial charge in [0.15, 0.2) is 0 Å². The third-order valence-corrected chi connectivity index (χ3v) is 3.92. The van der Waals surface area contributed by atoms with E-state index in [1.807, 2.05) is 4.90 Å². The van der Waals surface area contributed by atoms with Crippen LogP contribution in [0.25, 0.3) is 0 Å². The molecule has 1 aliphatic heterocycles. The molecule has 2 rings (SSSR count). The molecule has 98 valence electrons. The molecule has 2 heterocycles. The van der Waals surface area contributed by atoms with Crippen LogP contribution < -0.4 is 0 Å². The molecule has 18 heavy (non-hydrogen) atoms. The summed E-state index contributed by atoms with van der Waals surface area (Å²) in [5, 5.41) is 0.547. The fraction of sp³-hybridized carbons (Fsp3) is 0.538. The molecule has 0 saturated carbocycles. The van der Waals surface area contributed by atoms with Gasteiger partial charge in [-0.05, 0) is 24.3 Å². The molecule has 0 N–H and O–H groups in total. The molecular formula is C13H16Cl2N2O. The van der Waals surface area contributed by atoms with E-state index in [1.54, 1.807) is 6.07 Å². The maximum absolute atomic E-state index is 12.3. The number of aromatic nitrogens is 1. The van der Waals surface area contributed by atoms with Gasteiger partial charge in [0.25, 0.3) is 5.91 Å². The van der Waals surface area contributed by atoms with Gasteiger partial charge in [-0.3, -0.25) is 4.79 Å².